The van der Waals surface area contributed by atoms with Gasteiger partial charge in [-0.3, -0.25) is 5.01 Å². The maximum atomic E-state index is 14.4. The largest absolute Gasteiger partial charge is 0.442 e. The number of anilines is 1. The summed E-state index contributed by atoms with van der Waals surface area (Å²) in [4.78, 5) is 24.7. The fourth-order valence-corrected chi connectivity index (χ4v) is 3.19. The first-order chi connectivity index (χ1) is 13.1. The van der Waals surface area contributed by atoms with E-state index in [9.17, 15) is 14.3 Å². The molecule has 1 aliphatic rings. The summed E-state index contributed by atoms with van der Waals surface area (Å²) >= 11 is 11.8. The van der Waals surface area contributed by atoms with Crippen LogP contribution in [0.4, 0.5) is 15.0 Å². The Balaban J connectivity index is 2.13. The first-order valence-corrected chi connectivity index (χ1v) is 9.45. The van der Waals surface area contributed by atoms with E-state index in [4.69, 9.17) is 27.9 Å². The lowest BCUT2D eigenvalue weighted by molar-refractivity contribution is 0.0144. The van der Waals surface area contributed by atoms with Crippen LogP contribution in [0.5, 0.6) is 0 Å². The number of pyridine rings is 1. The molecule has 0 aliphatic carbocycles. The summed E-state index contributed by atoms with van der Waals surface area (Å²) in [7, 11) is 0. The van der Waals surface area contributed by atoms with Gasteiger partial charge in [-0.1, -0.05) is 11.6 Å². The van der Waals surface area contributed by atoms with Crippen molar-refractivity contribution in [1.29, 1.82) is 0 Å². The van der Waals surface area contributed by atoms with Crippen LogP contribution in [0.3, 0.4) is 0 Å². The quantitative estimate of drug-likeness (QED) is 0.544. The topological polar surface area (TPSA) is 91.7 Å². The SMILES string of the molecule is CC(C)(C)OC(=O)N1CC(O)CCCN1c1nc(Cl)nc2c(F)c(Cl)ncc12. The van der Waals surface area contributed by atoms with Crippen LogP contribution in [0.15, 0.2) is 6.20 Å². The lowest BCUT2D eigenvalue weighted by Crippen LogP contribution is -2.50. The van der Waals surface area contributed by atoms with Crippen molar-refractivity contribution < 1.29 is 19.0 Å². The summed E-state index contributed by atoms with van der Waals surface area (Å²) in [6, 6.07) is 0. The van der Waals surface area contributed by atoms with Gasteiger partial charge >= 0.3 is 6.09 Å². The molecule has 28 heavy (non-hydrogen) atoms. The number of halogens is 3. The number of hydrogen-bond donors (Lipinski definition) is 1. The lowest BCUT2D eigenvalue weighted by atomic mass is 10.2. The molecule has 8 nitrogen and oxygen atoms in total. The van der Waals surface area contributed by atoms with Crippen molar-refractivity contribution in [2.24, 2.45) is 0 Å². The van der Waals surface area contributed by atoms with Crippen molar-refractivity contribution in [3.8, 4) is 0 Å². The molecule has 0 spiro atoms. The molecule has 1 fully saturated rings. The number of amides is 1. The summed E-state index contributed by atoms with van der Waals surface area (Å²) in [5, 5.41) is 12.6. The zero-order chi connectivity index (χ0) is 20.6. The molecule has 2 aromatic heterocycles. The van der Waals surface area contributed by atoms with Crippen LogP contribution < -0.4 is 5.01 Å². The number of carbonyl (C=O) groups is 1. The van der Waals surface area contributed by atoms with Crippen LogP contribution in [0.2, 0.25) is 10.4 Å². The molecule has 1 saturated heterocycles. The fourth-order valence-electron chi connectivity index (χ4n) is 2.88. The van der Waals surface area contributed by atoms with Crippen molar-refractivity contribution in [2.75, 3.05) is 18.1 Å². The third-order valence-electron chi connectivity index (χ3n) is 4.03. The molecule has 1 aliphatic heterocycles. The maximum absolute atomic E-state index is 14.4. The highest BCUT2D eigenvalue weighted by atomic mass is 35.5. The standard InChI is InChI=1S/C17H20Cl2FN5O3/c1-17(2,3)28-16(27)25-8-9(26)5-4-6-24(25)14-10-7-21-13(18)11(20)12(10)22-15(19)23-14/h7,9,26H,4-6,8H2,1-3H3. The third-order valence-corrected chi connectivity index (χ3v) is 4.46. The van der Waals surface area contributed by atoms with Gasteiger partial charge in [-0.25, -0.2) is 24.2 Å². The van der Waals surface area contributed by atoms with Crippen LogP contribution in [-0.4, -0.2) is 56.0 Å². The molecule has 1 unspecified atom stereocenters. The number of ether oxygens (including phenoxy) is 1. The lowest BCUT2D eigenvalue weighted by Gasteiger charge is -2.36. The molecule has 3 heterocycles. The van der Waals surface area contributed by atoms with E-state index in [2.05, 4.69) is 15.0 Å². The monoisotopic (exact) mass is 431 g/mol. The Bertz CT molecular complexity index is 908. The van der Waals surface area contributed by atoms with Crippen molar-refractivity contribution in [1.82, 2.24) is 20.0 Å². The molecule has 0 aromatic carbocycles. The highest BCUT2D eigenvalue weighted by Gasteiger charge is 2.33. The van der Waals surface area contributed by atoms with E-state index in [1.807, 2.05) is 0 Å². The Hall–Kier alpha value is -1.97. The van der Waals surface area contributed by atoms with Gasteiger partial charge in [-0.15, -0.1) is 0 Å². The molecule has 1 amide bonds. The molecule has 152 valence electrons. The third kappa shape index (κ3) is 4.37. The van der Waals surface area contributed by atoms with E-state index >= 15 is 0 Å². The fraction of sp³-hybridized carbons (Fsp3) is 0.529. The molecule has 3 rings (SSSR count). The summed E-state index contributed by atoms with van der Waals surface area (Å²) in [5.74, 6) is -0.651. The zero-order valence-electron chi connectivity index (χ0n) is 15.6. The van der Waals surface area contributed by atoms with Gasteiger partial charge in [0.1, 0.15) is 11.1 Å². The van der Waals surface area contributed by atoms with Gasteiger partial charge in [-0.05, 0) is 45.2 Å². The van der Waals surface area contributed by atoms with Crippen LogP contribution in [0, 0.1) is 5.82 Å². The Morgan fingerprint density at radius 1 is 1.36 bits per heavy atom. The molecular formula is C17H20Cl2FN5O3. The Morgan fingerprint density at radius 3 is 2.75 bits per heavy atom. The minimum atomic E-state index is -0.830. The first kappa shape index (κ1) is 20.8. The number of hydrazine groups is 1. The molecule has 0 radical (unpaired) electrons. The molecule has 1 atom stereocenters. The summed E-state index contributed by atoms with van der Waals surface area (Å²) in [6.07, 6.45) is 0.947. The predicted molar refractivity (Wildman–Crippen MR) is 103 cm³/mol. The zero-order valence-corrected chi connectivity index (χ0v) is 17.1. The molecular weight excluding hydrogens is 412 g/mol. The maximum Gasteiger partial charge on any atom is 0.429 e. The summed E-state index contributed by atoms with van der Waals surface area (Å²) < 4.78 is 19.9. The summed E-state index contributed by atoms with van der Waals surface area (Å²) in [5.41, 5.74) is -0.851. The number of aliphatic hydroxyl groups is 1. The molecule has 1 N–H and O–H groups in total. The number of fused-ring (bicyclic) bond motifs is 1. The number of aliphatic hydroxyl groups excluding tert-OH is 1. The van der Waals surface area contributed by atoms with E-state index in [1.54, 1.807) is 20.8 Å². The second kappa shape index (κ2) is 7.81. The second-order valence-electron chi connectivity index (χ2n) is 7.42. The highest BCUT2D eigenvalue weighted by Crippen LogP contribution is 2.31. The smallest absolute Gasteiger partial charge is 0.429 e. The van der Waals surface area contributed by atoms with Gasteiger partial charge in [0.25, 0.3) is 0 Å². The Labute approximate surface area is 171 Å². The predicted octanol–water partition coefficient (Wildman–Crippen LogP) is 3.58. The average molecular weight is 432 g/mol. The van der Waals surface area contributed by atoms with E-state index < -0.39 is 23.6 Å². The van der Waals surface area contributed by atoms with Crippen LogP contribution in [-0.2, 0) is 4.74 Å². The van der Waals surface area contributed by atoms with Gasteiger partial charge in [-0.2, -0.15) is 4.98 Å². The number of nitrogens with zero attached hydrogens (tertiary/aromatic N) is 5. The van der Waals surface area contributed by atoms with E-state index in [1.165, 1.54) is 16.2 Å². The van der Waals surface area contributed by atoms with Crippen molar-refractivity contribution >= 4 is 46.0 Å². The van der Waals surface area contributed by atoms with Crippen molar-refractivity contribution in [3.05, 3.63) is 22.5 Å². The number of β-amino-alcohol motifs (C(OH)–C–C–N with tert-alkyl or cyclic N) is 1. The molecule has 0 bridgehead atoms. The van der Waals surface area contributed by atoms with E-state index in [-0.39, 0.29) is 33.7 Å². The number of hydrogen-bond acceptors (Lipinski definition) is 7. The van der Waals surface area contributed by atoms with Gasteiger partial charge in [0.15, 0.2) is 16.8 Å². The van der Waals surface area contributed by atoms with Gasteiger partial charge in [0.2, 0.25) is 5.28 Å². The minimum absolute atomic E-state index is 0.0124. The Kier molecular flexibility index (Phi) is 5.79. The molecule has 0 saturated carbocycles. The van der Waals surface area contributed by atoms with Crippen LogP contribution in [0.25, 0.3) is 10.9 Å². The van der Waals surface area contributed by atoms with Crippen LogP contribution in [0.1, 0.15) is 33.6 Å². The minimum Gasteiger partial charge on any atom is -0.442 e. The summed E-state index contributed by atoms with van der Waals surface area (Å²) in [6.45, 7) is 5.52. The van der Waals surface area contributed by atoms with E-state index in [0.29, 0.717) is 19.4 Å². The van der Waals surface area contributed by atoms with Gasteiger partial charge in [0, 0.05) is 12.7 Å². The van der Waals surface area contributed by atoms with Crippen molar-refractivity contribution in [3.63, 3.8) is 0 Å². The van der Waals surface area contributed by atoms with Gasteiger partial charge < -0.3 is 9.84 Å². The van der Waals surface area contributed by atoms with E-state index in [0.717, 1.165) is 0 Å². The number of rotatable bonds is 1. The number of carbonyl (C=O) groups excluding carboxylic acids is 1. The normalized spacial score (nSPS) is 18.3. The van der Waals surface area contributed by atoms with Crippen LogP contribution >= 0.6 is 23.2 Å². The second-order valence-corrected chi connectivity index (χ2v) is 8.12. The highest BCUT2D eigenvalue weighted by molar-refractivity contribution is 6.30. The number of aromatic nitrogens is 3. The molecule has 2 aromatic rings. The average Bonchev–Trinajstić information content (AvgIpc) is 2.78. The molecule has 11 heteroatoms. The Morgan fingerprint density at radius 2 is 2.07 bits per heavy atom. The van der Waals surface area contributed by atoms with Crippen molar-refractivity contribution in [2.45, 2.75) is 45.3 Å². The van der Waals surface area contributed by atoms with Gasteiger partial charge in [0.05, 0.1) is 18.0 Å². The first-order valence-electron chi connectivity index (χ1n) is 8.70.